The number of hydrogen-bond acceptors (Lipinski definition) is 3. The van der Waals surface area contributed by atoms with Crippen LogP contribution in [0.2, 0.25) is 0 Å². The van der Waals surface area contributed by atoms with Crippen LogP contribution < -0.4 is 4.90 Å². The van der Waals surface area contributed by atoms with E-state index in [1.165, 1.54) is 0 Å². The van der Waals surface area contributed by atoms with Crippen LogP contribution in [0.1, 0.15) is 54.7 Å². The summed E-state index contributed by atoms with van der Waals surface area (Å²) in [5, 5.41) is 9.51. The van der Waals surface area contributed by atoms with Gasteiger partial charge in [-0.3, -0.25) is 0 Å². The summed E-state index contributed by atoms with van der Waals surface area (Å²) < 4.78 is 0. The summed E-state index contributed by atoms with van der Waals surface area (Å²) in [7, 11) is 0. The van der Waals surface area contributed by atoms with Crippen molar-refractivity contribution in [1.82, 2.24) is 4.98 Å². The van der Waals surface area contributed by atoms with Gasteiger partial charge in [0.25, 0.3) is 0 Å². The average molecular weight is 274 g/mol. The van der Waals surface area contributed by atoms with Crippen LogP contribution in [0.5, 0.6) is 0 Å². The Morgan fingerprint density at radius 3 is 2.75 bits per heavy atom. The molecule has 3 rings (SSSR count). The highest BCUT2D eigenvalue weighted by Crippen LogP contribution is 2.32. The molecule has 20 heavy (non-hydrogen) atoms. The molecule has 1 aromatic rings. The van der Waals surface area contributed by atoms with Crippen LogP contribution in [-0.4, -0.2) is 28.6 Å². The first-order chi connectivity index (χ1) is 9.56. The van der Waals surface area contributed by atoms with Crippen LogP contribution in [0.3, 0.4) is 0 Å². The lowest BCUT2D eigenvalue weighted by Gasteiger charge is -2.26. The van der Waals surface area contributed by atoms with Gasteiger partial charge in [0, 0.05) is 18.3 Å². The molecule has 1 aromatic heterocycles. The third-order valence-corrected chi connectivity index (χ3v) is 4.57. The molecule has 0 amide bonds. The molecule has 0 spiro atoms. The topological polar surface area (TPSA) is 53.4 Å². The lowest BCUT2D eigenvalue weighted by atomic mass is 9.94. The summed E-state index contributed by atoms with van der Waals surface area (Å²) in [6.07, 6.45) is 5.37. The number of aromatic nitrogens is 1. The van der Waals surface area contributed by atoms with Crippen LogP contribution in [0.25, 0.3) is 0 Å². The Hall–Kier alpha value is -1.58. The van der Waals surface area contributed by atoms with Crippen LogP contribution in [0, 0.1) is 5.92 Å². The Morgan fingerprint density at radius 2 is 2.10 bits per heavy atom. The van der Waals surface area contributed by atoms with Crippen molar-refractivity contribution < 1.29 is 9.90 Å². The maximum Gasteiger partial charge on any atom is 0.339 e. The van der Waals surface area contributed by atoms with Crippen LogP contribution in [-0.2, 0) is 12.8 Å². The molecular weight excluding hydrogens is 252 g/mol. The van der Waals surface area contributed by atoms with E-state index in [2.05, 4.69) is 18.7 Å². The monoisotopic (exact) mass is 274 g/mol. The Bertz CT molecular complexity index is 542. The van der Waals surface area contributed by atoms with E-state index in [9.17, 15) is 9.90 Å². The molecule has 1 N–H and O–H groups in total. The van der Waals surface area contributed by atoms with Crippen molar-refractivity contribution in [1.29, 1.82) is 0 Å². The molecule has 1 aliphatic heterocycles. The normalized spacial score (nSPS) is 25.6. The molecule has 0 aromatic carbocycles. The van der Waals surface area contributed by atoms with Gasteiger partial charge in [-0.2, -0.15) is 0 Å². The molecule has 0 radical (unpaired) electrons. The number of anilines is 1. The number of carbonyl (C=O) groups is 1. The molecule has 1 fully saturated rings. The van der Waals surface area contributed by atoms with Crippen LogP contribution >= 0.6 is 0 Å². The van der Waals surface area contributed by atoms with Gasteiger partial charge in [0.15, 0.2) is 0 Å². The lowest BCUT2D eigenvalue weighted by molar-refractivity contribution is 0.0697. The smallest absolute Gasteiger partial charge is 0.339 e. The summed E-state index contributed by atoms with van der Waals surface area (Å²) in [4.78, 5) is 18.5. The Morgan fingerprint density at radius 1 is 1.35 bits per heavy atom. The molecule has 2 aliphatic rings. The second-order valence-electron chi connectivity index (χ2n) is 6.32. The summed E-state index contributed by atoms with van der Waals surface area (Å²) in [5.74, 6) is 0.437. The molecule has 2 unspecified atom stereocenters. The molecule has 1 saturated heterocycles. The van der Waals surface area contributed by atoms with Gasteiger partial charge < -0.3 is 10.0 Å². The molecule has 1 aliphatic carbocycles. The summed E-state index contributed by atoms with van der Waals surface area (Å²) >= 11 is 0. The largest absolute Gasteiger partial charge is 0.478 e. The molecule has 108 valence electrons. The van der Waals surface area contributed by atoms with Gasteiger partial charge in [0.05, 0.1) is 0 Å². The van der Waals surface area contributed by atoms with Gasteiger partial charge in [0.2, 0.25) is 0 Å². The van der Waals surface area contributed by atoms with Crippen LogP contribution in [0.4, 0.5) is 5.82 Å². The molecule has 4 nitrogen and oxygen atoms in total. The maximum atomic E-state index is 11.6. The Balaban J connectivity index is 2.06. The fraction of sp³-hybridized carbons (Fsp3) is 0.625. The van der Waals surface area contributed by atoms with E-state index in [1.807, 2.05) is 6.07 Å². The van der Waals surface area contributed by atoms with Crippen molar-refractivity contribution in [3.63, 3.8) is 0 Å². The van der Waals surface area contributed by atoms with E-state index in [4.69, 9.17) is 4.98 Å². The van der Waals surface area contributed by atoms with Crippen molar-refractivity contribution in [2.45, 2.75) is 52.0 Å². The molecule has 4 heteroatoms. The fourth-order valence-electron chi connectivity index (χ4n) is 3.59. The van der Waals surface area contributed by atoms with Crippen LogP contribution in [0.15, 0.2) is 6.07 Å². The predicted octanol–water partition coefficient (Wildman–Crippen LogP) is 2.89. The highest BCUT2D eigenvalue weighted by atomic mass is 16.4. The van der Waals surface area contributed by atoms with Crippen molar-refractivity contribution in [3.8, 4) is 0 Å². The number of pyridine rings is 1. The molecule has 2 atom stereocenters. The standard InChI is InChI=1S/C16H22N2O2/c1-10-7-11(2)18(9-10)15-13(16(19)20)8-12-5-3-4-6-14(12)17-15/h8,10-11H,3-7,9H2,1-2H3,(H,19,20). The second-order valence-corrected chi connectivity index (χ2v) is 6.32. The maximum absolute atomic E-state index is 11.6. The van der Waals surface area contributed by atoms with Gasteiger partial charge >= 0.3 is 5.97 Å². The third-order valence-electron chi connectivity index (χ3n) is 4.57. The number of aromatic carboxylic acids is 1. The van der Waals surface area contributed by atoms with Crippen molar-refractivity contribution in [2.24, 2.45) is 5.92 Å². The minimum Gasteiger partial charge on any atom is -0.478 e. The molecular formula is C16H22N2O2. The van der Waals surface area contributed by atoms with Crippen molar-refractivity contribution >= 4 is 11.8 Å². The molecule has 0 saturated carbocycles. The van der Waals surface area contributed by atoms with E-state index >= 15 is 0 Å². The molecule has 0 bridgehead atoms. The average Bonchev–Trinajstić information content (AvgIpc) is 2.76. The van der Waals surface area contributed by atoms with E-state index in [0.717, 1.165) is 49.9 Å². The Labute approximate surface area is 119 Å². The number of fused-ring (bicyclic) bond motifs is 1. The highest BCUT2D eigenvalue weighted by molar-refractivity contribution is 5.93. The minimum atomic E-state index is -0.854. The van der Waals surface area contributed by atoms with E-state index in [-0.39, 0.29) is 0 Å². The number of aryl methyl sites for hydroxylation is 2. The number of carboxylic acid groups (broad SMARTS) is 1. The van der Waals surface area contributed by atoms with Gasteiger partial charge in [-0.05, 0) is 56.6 Å². The van der Waals surface area contributed by atoms with Gasteiger partial charge in [-0.25, -0.2) is 9.78 Å². The zero-order chi connectivity index (χ0) is 14.3. The zero-order valence-corrected chi connectivity index (χ0v) is 12.2. The highest BCUT2D eigenvalue weighted by Gasteiger charge is 2.31. The third kappa shape index (κ3) is 2.28. The first-order valence-electron chi connectivity index (χ1n) is 7.59. The molecule has 2 heterocycles. The summed E-state index contributed by atoms with van der Waals surface area (Å²) in [6.45, 7) is 5.29. The first kappa shape index (κ1) is 13.4. The number of hydrogen-bond donors (Lipinski definition) is 1. The lowest BCUT2D eigenvalue weighted by Crippen LogP contribution is -2.30. The number of carboxylic acids is 1. The zero-order valence-electron chi connectivity index (χ0n) is 12.2. The fourth-order valence-corrected chi connectivity index (χ4v) is 3.59. The SMILES string of the molecule is CC1CC(C)N(c2nc3c(cc2C(=O)O)CCCC3)C1. The van der Waals surface area contributed by atoms with E-state index in [0.29, 0.717) is 23.3 Å². The Kier molecular flexibility index (Phi) is 3.40. The van der Waals surface area contributed by atoms with Crippen molar-refractivity contribution in [2.75, 3.05) is 11.4 Å². The van der Waals surface area contributed by atoms with E-state index in [1.54, 1.807) is 0 Å². The minimum absolute atomic E-state index is 0.372. The summed E-state index contributed by atoms with van der Waals surface area (Å²) in [5.41, 5.74) is 2.63. The number of rotatable bonds is 2. The van der Waals surface area contributed by atoms with Gasteiger partial charge in [0.1, 0.15) is 11.4 Å². The van der Waals surface area contributed by atoms with Crippen molar-refractivity contribution in [3.05, 3.63) is 22.9 Å². The quantitative estimate of drug-likeness (QED) is 0.901. The second kappa shape index (κ2) is 5.08. The van der Waals surface area contributed by atoms with Gasteiger partial charge in [-0.15, -0.1) is 0 Å². The summed E-state index contributed by atoms with van der Waals surface area (Å²) in [6, 6.07) is 2.24. The number of nitrogens with zero attached hydrogens (tertiary/aromatic N) is 2. The first-order valence-corrected chi connectivity index (χ1v) is 7.59. The van der Waals surface area contributed by atoms with Gasteiger partial charge in [-0.1, -0.05) is 6.92 Å². The van der Waals surface area contributed by atoms with E-state index < -0.39 is 5.97 Å². The predicted molar refractivity (Wildman–Crippen MR) is 78.4 cm³/mol.